The van der Waals surface area contributed by atoms with Gasteiger partial charge in [-0.2, -0.15) is 4.98 Å². The summed E-state index contributed by atoms with van der Waals surface area (Å²) in [5.41, 5.74) is 10.4. The number of rotatable bonds is 6. The monoisotopic (exact) mass is 638 g/mol. The zero-order valence-corrected chi connectivity index (χ0v) is 27.0. The van der Waals surface area contributed by atoms with Crippen molar-refractivity contribution in [3.05, 3.63) is 140 Å². The summed E-state index contributed by atoms with van der Waals surface area (Å²) in [6, 6.07) is 29.2. The van der Waals surface area contributed by atoms with Gasteiger partial charge in [-0.1, -0.05) is 79.9 Å². The molecule has 0 bridgehead atoms. The van der Waals surface area contributed by atoms with Crippen LogP contribution in [0.1, 0.15) is 24.3 Å². The van der Waals surface area contributed by atoms with Crippen molar-refractivity contribution in [2.24, 2.45) is 0 Å². The van der Waals surface area contributed by atoms with E-state index < -0.39 is 0 Å². The summed E-state index contributed by atoms with van der Waals surface area (Å²) < 4.78 is 16.6. The van der Waals surface area contributed by atoms with Crippen LogP contribution in [0.15, 0.2) is 127 Å². The van der Waals surface area contributed by atoms with E-state index in [4.69, 9.17) is 24.1 Å². The van der Waals surface area contributed by atoms with Crippen molar-refractivity contribution >= 4 is 49.9 Å². The Labute approximate surface area is 281 Å². The van der Waals surface area contributed by atoms with Crippen LogP contribution >= 0.6 is 0 Å². The molecule has 0 unspecified atom stereocenters. The Morgan fingerprint density at radius 3 is 2.53 bits per heavy atom. The Hall–Kier alpha value is -6.54. The first kappa shape index (κ1) is 28.7. The molecule has 0 saturated heterocycles. The van der Waals surface area contributed by atoms with Gasteiger partial charge >= 0.3 is 0 Å². The van der Waals surface area contributed by atoms with E-state index in [1.54, 1.807) is 6.08 Å². The number of hydrogen-bond donors (Lipinski definition) is 0. The number of furan rings is 1. The Balaban J connectivity index is 1.23. The van der Waals surface area contributed by atoms with E-state index in [0.29, 0.717) is 30.0 Å². The quantitative estimate of drug-likeness (QED) is 0.169. The normalized spacial score (nSPS) is 13.3. The number of para-hydroxylation sites is 1. The lowest BCUT2D eigenvalue weighted by Gasteiger charge is -2.08. The summed E-state index contributed by atoms with van der Waals surface area (Å²) in [6.45, 7) is 12.4. The third kappa shape index (κ3) is 4.45. The fourth-order valence-corrected chi connectivity index (χ4v) is 6.81. The number of imidazole rings is 2. The minimum atomic E-state index is 0.450. The first-order chi connectivity index (χ1) is 24.0. The van der Waals surface area contributed by atoms with Crippen LogP contribution < -0.4 is 4.74 Å². The van der Waals surface area contributed by atoms with E-state index in [1.165, 1.54) is 0 Å². The Morgan fingerprint density at radius 2 is 1.69 bits per heavy atom. The molecule has 0 aliphatic carbocycles. The van der Waals surface area contributed by atoms with Gasteiger partial charge < -0.3 is 9.15 Å². The van der Waals surface area contributed by atoms with Gasteiger partial charge in [-0.15, -0.1) is 0 Å². The van der Waals surface area contributed by atoms with Gasteiger partial charge in [0.2, 0.25) is 11.7 Å². The lowest BCUT2D eigenvalue weighted by Crippen LogP contribution is -2.02. The van der Waals surface area contributed by atoms with Gasteiger partial charge in [-0.25, -0.2) is 15.0 Å². The summed E-state index contributed by atoms with van der Waals surface area (Å²) >= 11 is 0. The number of benzene rings is 4. The van der Waals surface area contributed by atoms with Crippen molar-refractivity contribution in [3.63, 3.8) is 0 Å². The second-order valence-corrected chi connectivity index (χ2v) is 12.0. The van der Waals surface area contributed by atoms with Crippen LogP contribution in [0, 0.1) is 6.92 Å². The molecule has 0 saturated carbocycles. The molecule has 0 amide bonds. The standard InChI is InChI=1S/C41H30N6O2/c1-5-7-12-26(6-2)38-42-25(4)43-39(44-38)30-15-11-16-35-36(30)31-21-27(18-20-34(31)49-35)28-17-19-32-33(22-28)46(29-13-9-8-10-14-29)41-45-40-37(47(32)41)24(3)23-48-40/h5-22H,1,3,23H2,2,4H3/b12-7-,26-6+. The average molecular weight is 639 g/mol. The molecule has 4 aromatic heterocycles. The zero-order chi connectivity index (χ0) is 33.2. The highest BCUT2D eigenvalue weighted by atomic mass is 16.5. The molecule has 8 heteroatoms. The average Bonchev–Trinajstić information content (AvgIpc) is 3.87. The lowest BCUT2D eigenvalue weighted by molar-refractivity contribution is 0.376. The number of fused-ring (bicyclic) bond motifs is 8. The van der Waals surface area contributed by atoms with Crippen LogP contribution in [0.4, 0.5) is 0 Å². The number of aromatic nitrogens is 6. The molecule has 8 aromatic rings. The SMILES string of the molecule is C=C/C=C\C(=C/C)c1nc(C)nc(-c2cccc3oc4ccc(-c5ccc6c(c5)n(-c5ccccc5)c5nc7c(n65)C(=C)CO7)cc4c23)n1. The summed E-state index contributed by atoms with van der Waals surface area (Å²) in [4.78, 5) is 19.2. The van der Waals surface area contributed by atoms with Gasteiger partial charge in [-0.3, -0.25) is 8.97 Å². The van der Waals surface area contributed by atoms with Crippen LogP contribution in [-0.2, 0) is 0 Å². The second-order valence-electron chi connectivity index (χ2n) is 12.0. The number of allylic oxidation sites excluding steroid dienone is 5. The maximum Gasteiger partial charge on any atom is 0.242 e. The number of ether oxygens (including phenoxy) is 1. The molecular formula is C41H30N6O2. The van der Waals surface area contributed by atoms with Crippen LogP contribution in [-0.4, -0.2) is 35.5 Å². The van der Waals surface area contributed by atoms with Crippen LogP contribution in [0.2, 0.25) is 0 Å². The van der Waals surface area contributed by atoms with Gasteiger partial charge in [0.05, 0.1) is 11.0 Å². The van der Waals surface area contributed by atoms with Crippen molar-refractivity contribution in [3.8, 4) is 34.1 Å². The highest BCUT2D eigenvalue weighted by molar-refractivity contribution is 6.12. The van der Waals surface area contributed by atoms with Crippen molar-refractivity contribution in [1.82, 2.24) is 28.9 Å². The zero-order valence-electron chi connectivity index (χ0n) is 27.0. The van der Waals surface area contributed by atoms with Crippen LogP contribution in [0.3, 0.4) is 0 Å². The maximum absolute atomic E-state index is 6.38. The minimum absolute atomic E-state index is 0.450. The lowest BCUT2D eigenvalue weighted by atomic mass is 10.00. The number of nitrogens with zero attached hydrogens (tertiary/aromatic N) is 6. The molecule has 1 aliphatic rings. The van der Waals surface area contributed by atoms with Gasteiger partial charge in [0.25, 0.3) is 0 Å². The van der Waals surface area contributed by atoms with Crippen molar-refractivity contribution in [2.75, 3.05) is 6.61 Å². The predicted octanol–water partition coefficient (Wildman–Crippen LogP) is 9.56. The Kier molecular flexibility index (Phi) is 6.45. The topological polar surface area (TPSA) is 83.3 Å². The van der Waals surface area contributed by atoms with E-state index >= 15 is 0 Å². The molecule has 0 atom stereocenters. The van der Waals surface area contributed by atoms with Gasteiger partial charge in [-0.05, 0) is 67.4 Å². The molecule has 8 nitrogen and oxygen atoms in total. The molecule has 4 aromatic carbocycles. The predicted molar refractivity (Wildman–Crippen MR) is 196 cm³/mol. The smallest absolute Gasteiger partial charge is 0.242 e. The largest absolute Gasteiger partial charge is 0.471 e. The first-order valence-electron chi connectivity index (χ1n) is 16.1. The summed E-state index contributed by atoms with van der Waals surface area (Å²) in [5.74, 6) is 3.25. The second kappa shape index (κ2) is 11.0. The molecule has 0 N–H and O–H groups in total. The fourth-order valence-electron chi connectivity index (χ4n) is 6.81. The Morgan fingerprint density at radius 1 is 0.857 bits per heavy atom. The minimum Gasteiger partial charge on any atom is -0.471 e. The highest BCUT2D eigenvalue weighted by Crippen LogP contribution is 2.40. The third-order valence-corrected chi connectivity index (χ3v) is 9.01. The highest BCUT2D eigenvalue weighted by Gasteiger charge is 2.28. The van der Waals surface area contributed by atoms with E-state index in [0.717, 1.165) is 78.0 Å². The third-order valence-electron chi connectivity index (χ3n) is 9.01. The molecule has 0 spiro atoms. The van der Waals surface area contributed by atoms with Gasteiger partial charge in [0.1, 0.15) is 29.3 Å². The fraction of sp³-hybridized carbons (Fsp3) is 0.0732. The van der Waals surface area contributed by atoms with Gasteiger partial charge in [0, 0.05) is 33.2 Å². The summed E-state index contributed by atoms with van der Waals surface area (Å²) in [7, 11) is 0. The molecule has 9 rings (SSSR count). The van der Waals surface area contributed by atoms with E-state index in [-0.39, 0.29) is 0 Å². The summed E-state index contributed by atoms with van der Waals surface area (Å²) in [5, 5.41) is 1.95. The molecule has 49 heavy (non-hydrogen) atoms. The number of hydrogen-bond acceptors (Lipinski definition) is 6. The van der Waals surface area contributed by atoms with Crippen LogP contribution in [0.5, 0.6) is 5.88 Å². The molecule has 236 valence electrons. The van der Waals surface area contributed by atoms with E-state index in [9.17, 15) is 0 Å². The van der Waals surface area contributed by atoms with Crippen molar-refractivity contribution < 1.29 is 9.15 Å². The maximum atomic E-state index is 6.38. The first-order valence-corrected chi connectivity index (χ1v) is 16.1. The van der Waals surface area contributed by atoms with Crippen molar-refractivity contribution in [1.29, 1.82) is 0 Å². The summed E-state index contributed by atoms with van der Waals surface area (Å²) in [6.07, 6.45) is 7.55. The van der Waals surface area contributed by atoms with E-state index in [2.05, 4.69) is 69.6 Å². The van der Waals surface area contributed by atoms with Crippen molar-refractivity contribution in [2.45, 2.75) is 13.8 Å². The Bertz CT molecular complexity index is 2720. The van der Waals surface area contributed by atoms with Gasteiger partial charge in [0.15, 0.2) is 11.6 Å². The molecule has 5 heterocycles. The molecule has 0 radical (unpaired) electrons. The molecular weight excluding hydrogens is 608 g/mol. The van der Waals surface area contributed by atoms with E-state index in [1.807, 2.05) is 74.5 Å². The molecule has 1 aliphatic heterocycles. The number of aryl methyl sites for hydroxylation is 1. The molecule has 0 fully saturated rings. The van der Waals surface area contributed by atoms with Crippen LogP contribution in [0.25, 0.3) is 78.1 Å².